The second-order valence-electron chi connectivity index (χ2n) is 5.17. The summed E-state index contributed by atoms with van der Waals surface area (Å²) in [7, 11) is 1.54. The van der Waals surface area contributed by atoms with Crippen LogP contribution >= 0.6 is 0 Å². The summed E-state index contributed by atoms with van der Waals surface area (Å²) in [5, 5.41) is 24.6. The molecule has 1 aliphatic rings. The fraction of sp³-hybridized carbons (Fsp3) is 0.500. The number of oxime groups is 1. The van der Waals surface area contributed by atoms with Crippen LogP contribution in [-0.4, -0.2) is 35.4 Å². The predicted molar refractivity (Wildman–Crippen MR) is 76.0 cm³/mol. The van der Waals surface area contributed by atoms with Gasteiger partial charge >= 0.3 is 0 Å². The Labute approximate surface area is 118 Å². The fourth-order valence-corrected chi connectivity index (χ4v) is 2.40. The molecule has 0 unspecified atom stereocenters. The molecule has 5 N–H and O–H groups in total. The maximum Gasteiger partial charge on any atom is 0.173 e. The molecule has 20 heavy (non-hydrogen) atoms. The molecule has 0 radical (unpaired) electrons. The van der Waals surface area contributed by atoms with Crippen molar-refractivity contribution in [3.8, 4) is 5.75 Å². The van der Waals surface area contributed by atoms with Gasteiger partial charge in [0.05, 0.1) is 19.3 Å². The first-order valence-corrected chi connectivity index (χ1v) is 6.65. The minimum Gasteiger partial charge on any atom is -0.496 e. The third-order valence-electron chi connectivity index (χ3n) is 3.93. The van der Waals surface area contributed by atoms with Crippen molar-refractivity contribution in [1.29, 1.82) is 0 Å². The Kier molecular flexibility index (Phi) is 4.46. The van der Waals surface area contributed by atoms with Crippen LogP contribution in [0.4, 0.5) is 0 Å². The lowest BCUT2D eigenvalue weighted by atomic mass is 9.77. The molecule has 1 aliphatic carbocycles. The van der Waals surface area contributed by atoms with Crippen LogP contribution in [0, 0.1) is 0 Å². The van der Waals surface area contributed by atoms with E-state index < -0.39 is 0 Å². The summed E-state index contributed by atoms with van der Waals surface area (Å²) in [6.07, 6.45) is 3.13. The molecule has 0 atom stereocenters. The predicted octanol–water partition coefficient (Wildman–Crippen LogP) is 0.794. The van der Waals surface area contributed by atoms with E-state index in [0.717, 1.165) is 24.8 Å². The molecule has 0 bridgehead atoms. The third kappa shape index (κ3) is 2.86. The molecule has 1 aromatic carbocycles. The standard InChI is InChI=1S/C14H21N3O3/c1-20-12-4-3-10(7-11(12)13(15)17-19)8-16-14(9-18)5-2-6-14/h3-4,7,16,18-19H,2,5-6,8-9H2,1H3,(H2,15,17). The lowest BCUT2D eigenvalue weighted by Crippen LogP contribution is -2.53. The van der Waals surface area contributed by atoms with Gasteiger partial charge in [0.15, 0.2) is 5.84 Å². The summed E-state index contributed by atoms with van der Waals surface area (Å²) in [5.74, 6) is 0.578. The SMILES string of the molecule is COc1ccc(CNC2(CO)CCC2)cc1/C(N)=N/O. The average Bonchev–Trinajstić information content (AvgIpc) is 2.45. The molecular weight excluding hydrogens is 258 g/mol. The van der Waals surface area contributed by atoms with Gasteiger partial charge in [0, 0.05) is 12.1 Å². The van der Waals surface area contributed by atoms with E-state index in [-0.39, 0.29) is 18.0 Å². The van der Waals surface area contributed by atoms with Crippen molar-refractivity contribution in [1.82, 2.24) is 5.32 Å². The molecule has 0 heterocycles. The van der Waals surface area contributed by atoms with E-state index in [1.54, 1.807) is 6.07 Å². The molecule has 0 saturated heterocycles. The second-order valence-corrected chi connectivity index (χ2v) is 5.17. The largest absolute Gasteiger partial charge is 0.496 e. The van der Waals surface area contributed by atoms with Gasteiger partial charge in [-0.1, -0.05) is 11.2 Å². The molecule has 0 spiro atoms. The normalized spacial score (nSPS) is 17.6. The lowest BCUT2D eigenvalue weighted by molar-refractivity contribution is 0.0872. The molecule has 6 heteroatoms. The van der Waals surface area contributed by atoms with Crippen LogP contribution < -0.4 is 15.8 Å². The van der Waals surface area contributed by atoms with Gasteiger partial charge in [-0.05, 0) is 37.0 Å². The molecule has 6 nitrogen and oxygen atoms in total. The van der Waals surface area contributed by atoms with Crippen molar-refractivity contribution >= 4 is 5.84 Å². The van der Waals surface area contributed by atoms with Gasteiger partial charge in [-0.25, -0.2) is 0 Å². The van der Waals surface area contributed by atoms with Gasteiger partial charge in [-0.2, -0.15) is 0 Å². The van der Waals surface area contributed by atoms with E-state index >= 15 is 0 Å². The van der Waals surface area contributed by atoms with Crippen molar-refractivity contribution < 1.29 is 15.1 Å². The number of methoxy groups -OCH3 is 1. The van der Waals surface area contributed by atoms with E-state index in [4.69, 9.17) is 15.7 Å². The Morgan fingerprint density at radius 1 is 1.50 bits per heavy atom. The topological polar surface area (TPSA) is 100 Å². The summed E-state index contributed by atoms with van der Waals surface area (Å²) >= 11 is 0. The van der Waals surface area contributed by atoms with E-state index in [1.165, 1.54) is 7.11 Å². The molecule has 0 amide bonds. The Morgan fingerprint density at radius 3 is 2.75 bits per heavy atom. The third-order valence-corrected chi connectivity index (χ3v) is 3.93. The maximum absolute atomic E-state index is 9.42. The summed E-state index contributed by atoms with van der Waals surface area (Å²) in [6, 6.07) is 5.53. The number of hydrogen-bond donors (Lipinski definition) is 4. The number of nitrogens with one attached hydrogen (secondary N) is 1. The number of aliphatic hydroxyl groups excluding tert-OH is 1. The molecule has 2 rings (SSSR count). The first-order valence-electron chi connectivity index (χ1n) is 6.65. The minimum atomic E-state index is -0.142. The Balaban J connectivity index is 2.12. The molecule has 0 aromatic heterocycles. The molecule has 1 aromatic rings. The van der Waals surface area contributed by atoms with Crippen molar-refractivity contribution in [3.05, 3.63) is 29.3 Å². The fourth-order valence-electron chi connectivity index (χ4n) is 2.40. The lowest BCUT2D eigenvalue weighted by Gasteiger charge is -2.41. The zero-order valence-corrected chi connectivity index (χ0v) is 11.6. The summed E-state index contributed by atoms with van der Waals surface area (Å²) in [6.45, 7) is 0.770. The monoisotopic (exact) mass is 279 g/mol. The van der Waals surface area contributed by atoms with Crippen molar-refractivity contribution in [2.45, 2.75) is 31.3 Å². The Morgan fingerprint density at radius 2 is 2.25 bits per heavy atom. The van der Waals surface area contributed by atoms with Gasteiger partial charge in [-0.3, -0.25) is 0 Å². The quantitative estimate of drug-likeness (QED) is 0.267. The van der Waals surface area contributed by atoms with Crippen LogP contribution in [0.2, 0.25) is 0 Å². The zero-order valence-electron chi connectivity index (χ0n) is 11.6. The number of aliphatic hydroxyl groups is 1. The molecule has 1 fully saturated rings. The van der Waals surface area contributed by atoms with Crippen molar-refractivity contribution in [2.75, 3.05) is 13.7 Å². The summed E-state index contributed by atoms with van der Waals surface area (Å²) in [4.78, 5) is 0. The molecule has 1 saturated carbocycles. The number of nitrogens with two attached hydrogens (primary N) is 1. The van der Waals surface area contributed by atoms with Crippen molar-refractivity contribution in [3.63, 3.8) is 0 Å². The molecule has 110 valence electrons. The van der Waals surface area contributed by atoms with E-state index in [0.29, 0.717) is 17.9 Å². The van der Waals surface area contributed by atoms with Crippen LogP contribution in [0.5, 0.6) is 5.75 Å². The van der Waals surface area contributed by atoms with Crippen LogP contribution in [0.25, 0.3) is 0 Å². The summed E-state index contributed by atoms with van der Waals surface area (Å²) < 4.78 is 5.19. The first-order chi connectivity index (χ1) is 9.64. The van der Waals surface area contributed by atoms with Gasteiger partial charge in [0.25, 0.3) is 0 Å². The average molecular weight is 279 g/mol. The number of ether oxygens (including phenoxy) is 1. The number of amidine groups is 1. The van der Waals surface area contributed by atoms with E-state index in [1.807, 2.05) is 12.1 Å². The Bertz CT molecular complexity index is 493. The van der Waals surface area contributed by atoms with Gasteiger partial charge in [0.1, 0.15) is 5.75 Å². The second kappa shape index (κ2) is 6.11. The first kappa shape index (κ1) is 14.6. The van der Waals surface area contributed by atoms with Gasteiger partial charge in [0.2, 0.25) is 0 Å². The van der Waals surface area contributed by atoms with Crippen LogP contribution in [0.3, 0.4) is 0 Å². The highest BCUT2D eigenvalue weighted by molar-refractivity contribution is 5.99. The molecular formula is C14H21N3O3. The Hall–Kier alpha value is -1.79. The summed E-state index contributed by atoms with van der Waals surface area (Å²) in [5.41, 5.74) is 7.05. The van der Waals surface area contributed by atoms with Crippen LogP contribution in [-0.2, 0) is 6.54 Å². The number of rotatable bonds is 6. The number of nitrogens with zero attached hydrogens (tertiary/aromatic N) is 1. The van der Waals surface area contributed by atoms with E-state index in [2.05, 4.69) is 10.5 Å². The van der Waals surface area contributed by atoms with Gasteiger partial charge < -0.3 is 26.1 Å². The number of benzene rings is 1. The van der Waals surface area contributed by atoms with Crippen LogP contribution in [0.1, 0.15) is 30.4 Å². The number of hydrogen-bond acceptors (Lipinski definition) is 5. The van der Waals surface area contributed by atoms with Crippen LogP contribution in [0.15, 0.2) is 23.4 Å². The zero-order chi connectivity index (χ0) is 14.6. The maximum atomic E-state index is 9.42. The van der Waals surface area contributed by atoms with E-state index in [9.17, 15) is 5.11 Å². The van der Waals surface area contributed by atoms with Crippen molar-refractivity contribution in [2.24, 2.45) is 10.9 Å². The highest BCUT2D eigenvalue weighted by atomic mass is 16.5. The highest BCUT2D eigenvalue weighted by Crippen LogP contribution is 2.31. The smallest absolute Gasteiger partial charge is 0.173 e. The minimum absolute atomic E-state index is 0.0178. The molecule has 0 aliphatic heterocycles. The highest BCUT2D eigenvalue weighted by Gasteiger charge is 2.35. The van der Waals surface area contributed by atoms with Gasteiger partial charge in [-0.15, -0.1) is 0 Å².